The molecule has 0 unspecified atom stereocenters. The second-order valence-electron chi connectivity index (χ2n) is 7.10. The van der Waals surface area contributed by atoms with E-state index >= 15 is 0 Å². The van der Waals surface area contributed by atoms with Crippen LogP contribution in [-0.2, 0) is 17.1 Å². The van der Waals surface area contributed by atoms with E-state index in [1.807, 2.05) is 38.4 Å². The molecule has 0 radical (unpaired) electrons. The molecule has 3 aromatic heterocycles. The van der Waals surface area contributed by atoms with Crippen molar-refractivity contribution >= 4 is 26.7 Å². The first-order chi connectivity index (χ1) is 14.4. The molecule has 0 bridgehead atoms. The van der Waals surface area contributed by atoms with Crippen LogP contribution in [0.15, 0.2) is 55.2 Å². The summed E-state index contributed by atoms with van der Waals surface area (Å²) in [5.74, 6) is 0.0937. The zero-order valence-electron chi connectivity index (χ0n) is 16.8. The Hall–Kier alpha value is -3.33. The Morgan fingerprint density at radius 1 is 1.00 bits per heavy atom. The van der Waals surface area contributed by atoms with Crippen LogP contribution in [0.3, 0.4) is 0 Å². The number of aryl methyl sites for hydroxylation is 1. The SMILES string of the molecule is CCCCS(=O)(=O)Nc1cncc(-c2ccc3ncc(-c4cnn(C)c4)nc3c2)c1. The van der Waals surface area contributed by atoms with E-state index in [4.69, 9.17) is 4.98 Å². The van der Waals surface area contributed by atoms with Gasteiger partial charge < -0.3 is 0 Å². The number of hydrogen-bond donors (Lipinski definition) is 1. The quantitative estimate of drug-likeness (QED) is 0.488. The third-order valence-electron chi connectivity index (χ3n) is 4.65. The summed E-state index contributed by atoms with van der Waals surface area (Å²) >= 11 is 0. The first-order valence-corrected chi connectivity index (χ1v) is 11.3. The number of hydrogen-bond acceptors (Lipinski definition) is 6. The molecule has 0 amide bonds. The molecule has 0 saturated carbocycles. The van der Waals surface area contributed by atoms with Gasteiger partial charge in [-0.2, -0.15) is 5.10 Å². The predicted molar refractivity (Wildman–Crippen MR) is 117 cm³/mol. The summed E-state index contributed by atoms with van der Waals surface area (Å²) in [6.45, 7) is 1.96. The Kier molecular flexibility index (Phi) is 5.45. The lowest BCUT2D eigenvalue weighted by atomic mass is 10.1. The molecular weight excluding hydrogens is 400 g/mol. The number of benzene rings is 1. The van der Waals surface area contributed by atoms with Crippen LogP contribution in [-0.4, -0.2) is 38.9 Å². The minimum absolute atomic E-state index is 0.0937. The normalized spacial score (nSPS) is 11.7. The zero-order chi connectivity index (χ0) is 21.1. The van der Waals surface area contributed by atoms with E-state index in [1.165, 1.54) is 6.20 Å². The number of nitrogens with one attached hydrogen (secondary N) is 1. The Balaban J connectivity index is 1.66. The number of rotatable bonds is 7. The van der Waals surface area contributed by atoms with Crippen molar-refractivity contribution in [2.75, 3.05) is 10.5 Å². The van der Waals surface area contributed by atoms with Gasteiger partial charge in [-0.05, 0) is 30.2 Å². The van der Waals surface area contributed by atoms with Gasteiger partial charge in [-0.3, -0.25) is 19.4 Å². The van der Waals surface area contributed by atoms with Crippen LogP contribution in [0.1, 0.15) is 19.8 Å². The van der Waals surface area contributed by atoms with Gasteiger partial charge in [0.15, 0.2) is 0 Å². The fraction of sp³-hybridized carbons (Fsp3) is 0.238. The molecule has 4 rings (SSSR count). The minimum Gasteiger partial charge on any atom is -0.282 e. The van der Waals surface area contributed by atoms with E-state index in [-0.39, 0.29) is 5.75 Å². The van der Waals surface area contributed by atoms with Crippen LogP contribution in [0.25, 0.3) is 33.4 Å². The van der Waals surface area contributed by atoms with Crippen LogP contribution >= 0.6 is 0 Å². The number of pyridine rings is 1. The monoisotopic (exact) mass is 422 g/mol. The summed E-state index contributed by atoms with van der Waals surface area (Å²) in [6.07, 6.45) is 10.0. The summed E-state index contributed by atoms with van der Waals surface area (Å²) in [4.78, 5) is 13.4. The lowest BCUT2D eigenvalue weighted by molar-refractivity contribution is 0.598. The van der Waals surface area contributed by atoms with E-state index in [0.717, 1.165) is 39.8 Å². The summed E-state index contributed by atoms with van der Waals surface area (Å²) in [5.41, 5.74) is 5.26. The van der Waals surface area contributed by atoms with Crippen molar-refractivity contribution in [3.63, 3.8) is 0 Å². The smallest absolute Gasteiger partial charge is 0.232 e. The maximum absolute atomic E-state index is 12.2. The van der Waals surface area contributed by atoms with Gasteiger partial charge in [0, 0.05) is 30.6 Å². The van der Waals surface area contributed by atoms with Gasteiger partial charge in [0.1, 0.15) is 0 Å². The second-order valence-corrected chi connectivity index (χ2v) is 8.94. The molecule has 8 nitrogen and oxygen atoms in total. The highest BCUT2D eigenvalue weighted by Crippen LogP contribution is 2.26. The molecule has 9 heteroatoms. The predicted octanol–water partition coefficient (Wildman–Crippen LogP) is 3.63. The Labute approximate surface area is 175 Å². The number of nitrogens with zero attached hydrogens (tertiary/aromatic N) is 5. The highest BCUT2D eigenvalue weighted by molar-refractivity contribution is 7.92. The van der Waals surface area contributed by atoms with Crippen LogP contribution in [0.2, 0.25) is 0 Å². The van der Waals surface area contributed by atoms with Crippen molar-refractivity contribution in [2.45, 2.75) is 19.8 Å². The van der Waals surface area contributed by atoms with Crippen LogP contribution < -0.4 is 4.72 Å². The third-order valence-corrected chi connectivity index (χ3v) is 6.03. The Bertz CT molecular complexity index is 1300. The van der Waals surface area contributed by atoms with Crippen molar-refractivity contribution < 1.29 is 8.42 Å². The van der Waals surface area contributed by atoms with E-state index in [9.17, 15) is 8.42 Å². The standard InChI is InChI=1S/C21H22N6O2S/c1-3-4-7-30(28,29)26-18-8-16(10-22-12-18)15-5-6-19-20(9-15)25-21(13-23-19)17-11-24-27(2)14-17/h5-6,8-14,26H,3-4,7H2,1-2H3. The van der Waals surface area contributed by atoms with E-state index in [2.05, 4.69) is 19.8 Å². The second kappa shape index (κ2) is 8.19. The molecule has 0 aliphatic rings. The van der Waals surface area contributed by atoms with Gasteiger partial charge in [0.2, 0.25) is 10.0 Å². The molecule has 4 aromatic rings. The van der Waals surface area contributed by atoms with Crippen molar-refractivity contribution in [3.8, 4) is 22.4 Å². The van der Waals surface area contributed by atoms with Gasteiger partial charge in [-0.1, -0.05) is 19.4 Å². The van der Waals surface area contributed by atoms with Crippen LogP contribution in [0.5, 0.6) is 0 Å². The topological polar surface area (TPSA) is 103 Å². The number of unbranched alkanes of at least 4 members (excludes halogenated alkanes) is 1. The lowest BCUT2D eigenvalue weighted by Gasteiger charge is -2.09. The summed E-state index contributed by atoms with van der Waals surface area (Å²) in [6, 6.07) is 7.51. The average Bonchev–Trinajstić information content (AvgIpc) is 3.18. The molecule has 0 atom stereocenters. The highest BCUT2D eigenvalue weighted by Gasteiger charge is 2.11. The first kappa shape index (κ1) is 20.0. The third kappa shape index (κ3) is 4.46. The number of aromatic nitrogens is 5. The summed E-state index contributed by atoms with van der Waals surface area (Å²) < 4.78 is 28.7. The van der Waals surface area contributed by atoms with Gasteiger partial charge in [0.25, 0.3) is 0 Å². The molecule has 0 aliphatic heterocycles. The lowest BCUT2D eigenvalue weighted by Crippen LogP contribution is -2.16. The molecule has 3 heterocycles. The summed E-state index contributed by atoms with van der Waals surface area (Å²) in [7, 11) is -1.53. The first-order valence-electron chi connectivity index (χ1n) is 9.65. The molecule has 0 spiro atoms. The van der Waals surface area contributed by atoms with Gasteiger partial charge >= 0.3 is 0 Å². The number of fused-ring (bicyclic) bond motifs is 1. The maximum atomic E-state index is 12.2. The summed E-state index contributed by atoms with van der Waals surface area (Å²) in [5, 5.41) is 4.18. The van der Waals surface area contributed by atoms with Crippen molar-refractivity contribution in [1.29, 1.82) is 0 Å². The molecule has 0 saturated heterocycles. The molecule has 154 valence electrons. The van der Waals surface area contributed by atoms with Gasteiger partial charge in [0.05, 0.1) is 46.8 Å². The molecule has 30 heavy (non-hydrogen) atoms. The fourth-order valence-corrected chi connectivity index (χ4v) is 4.34. The Morgan fingerprint density at radius 2 is 1.87 bits per heavy atom. The van der Waals surface area contributed by atoms with Gasteiger partial charge in [-0.25, -0.2) is 13.4 Å². The Morgan fingerprint density at radius 3 is 2.63 bits per heavy atom. The van der Waals surface area contributed by atoms with E-state index in [1.54, 1.807) is 29.3 Å². The van der Waals surface area contributed by atoms with E-state index in [0.29, 0.717) is 12.1 Å². The molecule has 1 aromatic carbocycles. The molecule has 0 aliphatic carbocycles. The van der Waals surface area contributed by atoms with Crippen molar-refractivity contribution in [1.82, 2.24) is 24.7 Å². The highest BCUT2D eigenvalue weighted by atomic mass is 32.2. The largest absolute Gasteiger partial charge is 0.282 e. The molecule has 1 N–H and O–H groups in total. The molecule has 0 fully saturated rings. The number of anilines is 1. The zero-order valence-corrected chi connectivity index (χ0v) is 17.6. The van der Waals surface area contributed by atoms with E-state index < -0.39 is 10.0 Å². The van der Waals surface area contributed by atoms with Crippen molar-refractivity contribution in [3.05, 3.63) is 55.2 Å². The fourth-order valence-electron chi connectivity index (χ4n) is 3.10. The minimum atomic E-state index is -3.38. The molecular formula is C21H22N6O2S. The average molecular weight is 423 g/mol. The van der Waals surface area contributed by atoms with Crippen LogP contribution in [0.4, 0.5) is 5.69 Å². The van der Waals surface area contributed by atoms with Gasteiger partial charge in [-0.15, -0.1) is 0 Å². The number of sulfonamides is 1. The maximum Gasteiger partial charge on any atom is 0.232 e. The van der Waals surface area contributed by atoms with Crippen molar-refractivity contribution in [2.24, 2.45) is 7.05 Å². The van der Waals surface area contributed by atoms with Crippen LogP contribution in [0, 0.1) is 0 Å².